The van der Waals surface area contributed by atoms with Crippen molar-refractivity contribution in [2.75, 3.05) is 25.2 Å². The fraction of sp³-hybridized carbons (Fsp3) is 0.571. The zero-order valence-corrected chi connectivity index (χ0v) is 13.3. The molecule has 1 aliphatic heterocycles. The molecule has 0 radical (unpaired) electrons. The smallest absolute Gasteiger partial charge is 0.133 e. The van der Waals surface area contributed by atoms with Gasteiger partial charge in [0.25, 0.3) is 0 Å². The van der Waals surface area contributed by atoms with Crippen molar-refractivity contribution in [1.29, 1.82) is 0 Å². The van der Waals surface area contributed by atoms with Crippen LogP contribution in [0.3, 0.4) is 0 Å². The summed E-state index contributed by atoms with van der Waals surface area (Å²) in [4.78, 5) is 0. The zero-order valence-electron chi connectivity index (χ0n) is 10.9. The van der Waals surface area contributed by atoms with Crippen molar-refractivity contribution >= 4 is 27.7 Å². The Morgan fingerprint density at radius 2 is 2.28 bits per heavy atom. The lowest BCUT2D eigenvalue weighted by molar-refractivity contribution is 0.411. The van der Waals surface area contributed by atoms with E-state index in [2.05, 4.69) is 52.1 Å². The first kappa shape index (κ1) is 14.2. The second kappa shape index (κ2) is 6.83. The van der Waals surface area contributed by atoms with Crippen molar-refractivity contribution in [2.45, 2.75) is 19.4 Å². The lowest BCUT2D eigenvalue weighted by atomic mass is 9.95. The molecule has 1 aliphatic rings. The Kier molecular flexibility index (Phi) is 5.39. The van der Waals surface area contributed by atoms with Crippen molar-refractivity contribution in [3.63, 3.8) is 0 Å². The van der Waals surface area contributed by atoms with E-state index in [-0.39, 0.29) is 0 Å². The third-order valence-electron chi connectivity index (χ3n) is 3.38. The number of nitrogens with one attached hydrogen (secondary N) is 1. The molecule has 1 aromatic carbocycles. The van der Waals surface area contributed by atoms with E-state index in [1.165, 1.54) is 17.1 Å². The average Bonchev–Trinajstić information content (AvgIpc) is 2.78. The van der Waals surface area contributed by atoms with Crippen LogP contribution in [-0.2, 0) is 6.42 Å². The molecule has 1 N–H and O–H groups in total. The van der Waals surface area contributed by atoms with Crippen LogP contribution in [0, 0.1) is 5.92 Å². The van der Waals surface area contributed by atoms with E-state index in [4.69, 9.17) is 4.74 Å². The van der Waals surface area contributed by atoms with E-state index in [0.717, 1.165) is 29.1 Å². The third kappa shape index (κ3) is 3.43. The predicted molar refractivity (Wildman–Crippen MR) is 82.7 cm³/mol. The van der Waals surface area contributed by atoms with E-state index in [0.29, 0.717) is 6.04 Å². The molecule has 4 heteroatoms. The predicted octanol–water partition coefficient (Wildman–Crippen LogP) is 3.34. The van der Waals surface area contributed by atoms with Gasteiger partial charge in [0.2, 0.25) is 0 Å². The summed E-state index contributed by atoms with van der Waals surface area (Å²) in [5.41, 5.74) is 1.39. The van der Waals surface area contributed by atoms with Gasteiger partial charge in [0.05, 0.1) is 11.6 Å². The van der Waals surface area contributed by atoms with Gasteiger partial charge >= 0.3 is 0 Å². The number of hydrogen-bond acceptors (Lipinski definition) is 3. The number of hydrogen-bond donors (Lipinski definition) is 1. The van der Waals surface area contributed by atoms with Gasteiger partial charge in [-0.3, -0.25) is 0 Å². The molecular formula is C14H20BrNOS. The summed E-state index contributed by atoms with van der Waals surface area (Å²) in [6.45, 7) is 3.25. The van der Waals surface area contributed by atoms with Gasteiger partial charge in [-0.05, 0) is 58.3 Å². The lowest BCUT2D eigenvalue weighted by Crippen LogP contribution is -2.36. The van der Waals surface area contributed by atoms with Gasteiger partial charge in [-0.1, -0.05) is 13.0 Å². The van der Waals surface area contributed by atoms with Gasteiger partial charge in [-0.15, -0.1) is 0 Å². The molecule has 1 saturated heterocycles. The van der Waals surface area contributed by atoms with E-state index < -0.39 is 0 Å². The quantitative estimate of drug-likeness (QED) is 0.895. The highest BCUT2D eigenvalue weighted by molar-refractivity contribution is 9.10. The monoisotopic (exact) mass is 329 g/mol. The summed E-state index contributed by atoms with van der Waals surface area (Å²) in [7, 11) is 1.70. The Morgan fingerprint density at radius 3 is 2.94 bits per heavy atom. The number of rotatable bonds is 5. The fourth-order valence-corrected chi connectivity index (χ4v) is 4.45. The van der Waals surface area contributed by atoms with Gasteiger partial charge in [-0.2, -0.15) is 11.8 Å². The SMILES string of the molecule is CCNC1CSCC1Cc1ccc(OC)c(Br)c1. The first-order valence-electron chi connectivity index (χ1n) is 6.38. The maximum atomic E-state index is 5.27. The number of benzene rings is 1. The van der Waals surface area contributed by atoms with Gasteiger partial charge in [0.15, 0.2) is 0 Å². The molecule has 0 bridgehead atoms. The maximum Gasteiger partial charge on any atom is 0.133 e. The van der Waals surface area contributed by atoms with E-state index in [9.17, 15) is 0 Å². The normalized spacial score (nSPS) is 23.3. The van der Waals surface area contributed by atoms with Crippen LogP contribution in [0.5, 0.6) is 5.75 Å². The lowest BCUT2D eigenvalue weighted by Gasteiger charge is -2.19. The van der Waals surface area contributed by atoms with E-state index >= 15 is 0 Å². The van der Waals surface area contributed by atoms with Crippen molar-refractivity contribution in [2.24, 2.45) is 5.92 Å². The van der Waals surface area contributed by atoms with Crippen LogP contribution in [0.25, 0.3) is 0 Å². The highest BCUT2D eigenvalue weighted by Gasteiger charge is 2.27. The van der Waals surface area contributed by atoms with Gasteiger partial charge < -0.3 is 10.1 Å². The Morgan fingerprint density at radius 1 is 1.44 bits per heavy atom. The number of thioether (sulfide) groups is 1. The van der Waals surface area contributed by atoms with E-state index in [1.54, 1.807) is 7.11 Å². The molecule has 2 atom stereocenters. The molecular weight excluding hydrogens is 310 g/mol. The van der Waals surface area contributed by atoms with Crippen LogP contribution < -0.4 is 10.1 Å². The van der Waals surface area contributed by atoms with Crippen molar-refractivity contribution in [3.8, 4) is 5.75 Å². The standard InChI is InChI=1S/C14H20BrNOS/c1-3-16-13-9-18-8-11(13)6-10-4-5-14(17-2)12(15)7-10/h4-5,7,11,13,16H,3,6,8-9H2,1-2H3. The van der Waals surface area contributed by atoms with Crippen LogP contribution in [0.15, 0.2) is 22.7 Å². The molecule has 2 rings (SSSR count). The minimum atomic E-state index is 0.667. The summed E-state index contributed by atoms with van der Waals surface area (Å²) in [5, 5.41) is 3.59. The average molecular weight is 330 g/mol. The van der Waals surface area contributed by atoms with Crippen LogP contribution >= 0.6 is 27.7 Å². The van der Waals surface area contributed by atoms with Crippen molar-refractivity contribution in [1.82, 2.24) is 5.32 Å². The van der Waals surface area contributed by atoms with Crippen LogP contribution in [0.4, 0.5) is 0 Å². The first-order chi connectivity index (χ1) is 8.74. The maximum absolute atomic E-state index is 5.27. The van der Waals surface area contributed by atoms with Crippen LogP contribution in [0.2, 0.25) is 0 Å². The molecule has 0 aromatic heterocycles. The van der Waals surface area contributed by atoms with Crippen molar-refractivity contribution in [3.05, 3.63) is 28.2 Å². The van der Waals surface area contributed by atoms with E-state index in [1.807, 2.05) is 6.07 Å². The Labute approximate surface area is 122 Å². The summed E-state index contributed by atoms with van der Waals surface area (Å²) in [6, 6.07) is 7.07. The Bertz CT molecular complexity index is 399. The Balaban J connectivity index is 2.02. The molecule has 2 nitrogen and oxygen atoms in total. The molecule has 100 valence electrons. The largest absolute Gasteiger partial charge is 0.496 e. The minimum absolute atomic E-state index is 0.667. The number of ether oxygens (including phenoxy) is 1. The molecule has 0 spiro atoms. The Hall–Kier alpha value is -0.190. The molecule has 1 fully saturated rings. The highest BCUT2D eigenvalue weighted by atomic mass is 79.9. The van der Waals surface area contributed by atoms with Crippen molar-refractivity contribution < 1.29 is 4.74 Å². The minimum Gasteiger partial charge on any atom is -0.496 e. The summed E-state index contributed by atoms with van der Waals surface area (Å²) in [6.07, 6.45) is 1.15. The van der Waals surface area contributed by atoms with Crippen LogP contribution in [-0.4, -0.2) is 31.2 Å². The molecule has 0 saturated carbocycles. The second-order valence-electron chi connectivity index (χ2n) is 4.63. The second-order valence-corrected chi connectivity index (χ2v) is 6.56. The summed E-state index contributed by atoms with van der Waals surface area (Å²) in [5.74, 6) is 4.16. The number of methoxy groups -OCH3 is 1. The van der Waals surface area contributed by atoms with Gasteiger partial charge in [0, 0.05) is 11.8 Å². The molecule has 1 heterocycles. The third-order valence-corrected chi connectivity index (χ3v) is 5.26. The summed E-state index contributed by atoms with van der Waals surface area (Å²) < 4.78 is 6.32. The van der Waals surface area contributed by atoms with Gasteiger partial charge in [-0.25, -0.2) is 0 Å². The summed E-state index contributed by atoms with van der Waals surface area (Å²) >= 11 is 5.62. The fourth-order valence-electron chi connectivity index (χ4n) is 2.43. The molecule has 2 unspecified atom stereocenters. The zero-order chi connectivity index (χ0) is 13.0. The number of halogens is 1. The molecule has 1 aromatic rings. The first-order valence-corrected chi connectivity index (χ1v) is 8.33. The molecule has 18 heavy (non-hydrogen) atoms. The molecule has 0 amide bonds. The van der Waals surface area contributed by atoms with Crippen LogP contribution in [0.1, 0.15) is 12.5 Å². The van der Waals surface area contributed by atoms with Gasteiger partial charge in [0.1, 0.15) is 5.75 Å². The molecule has 0 aliphatic carbocycles. The highest BCUT2D eigenvalue weighted by Crippen LogP contribution is 2.30. The topological polar surface area (TPSA) is 21.3 Å².